The van der Waals surface area contributed by atoms with Crippen molar-refractivity contribution in [2.75, 3.05) is 0 Å². The Hall–Kier alpha value is -1.31. The molecule has 0 saturated heterocycles. The Morgan fingerprint density at radius 3 is 3.00 bits per heavy atom. The molecule has 0 amide bonds. The van der Waals surface area contributed by atoms with E-state index in [2.05, 4.69) is 27.0 Å². The monoisotopic (exact) mass is 266 g/mol. The molecule has 2 heterocycles. The molecular formula is C11H18N6S. The van der Waals surface area contributed by atoms with E-state index in [1.807, 2.05) is 24.1 Å². The van der Waals surface area contributed by atoms with Gasteiger partial charge in [-0.15, -0.1) is 5.10 Å². The van der Waals surface area contributed by atoms with E-state index in [1.165, 1.54) is 17.1 Å². The van der Waals surface area contributed by atoms with Gasteiger partial charge >= 0.3 is 0 Å². The predicted octanol–water partition coefficient (Wildman–Crippen LogP) is 0.971. The number of nitrogens with one attached hydrogen (secondary N) is 1. The van der Waals surface area contributed by atoms with E-state index in [0.717, 1.165) is 29.8 Å². The number of nitrogens with zero attached hydrogens (tertiary/aromatic N) is 4. The Bertz CT molecular complexity index is 491. The number of hydrazine groups is 1. The summed E-state index contributed by atoms with van der Waals surface area (Å²) in [5.41, 5.74) is 5.11. The number of aromatic nitrogens is 4. The van der Waals surface area contributed by atoms with Crippen LogP contribution in [-0.2, 0) is 19.9 Å². The summed E-state index contributed by atoms with van der Waals surface area (Å²) in [6.45, 7) is 2.08. The summed E-state index contributed by atoms with van der Waals surface area (Å²) in [5, 5.41) is 8.28. The summed E-state index contributed by atoms with van der Waals surface area (Å²) in [5.74, 6) is 5.64. The highest BCUT2D eigenvalue weighted by atomic mass is 32.1. The lowest BCUT2D eigenvalue weighted by Gasteiger charge is -2.13. The minimum atomic E-state index is 0.111. The number of hydrogen-bond donors (Lipinski definition) is 2. The first-order valence-corrected chi connectivity index (χ1v) is 6.76. The second-order valence-corrected chi connectivity index (χ2v) is 5.00. The largest absolute Gasteiger partial charge is 0.276 e. The second kappa shape index (κ2) is 6.03. The minimum absolute atomic E-state index is 0.111. The van der Waals surface area contributed by atoms with Gasteiger partial charge in [-0.1, -0.05) is 11.4 Å². The molecule has 0 aliphatic carbocycles. The predicted molar refractivity (Wildman–Crippen MR) is 70.9 cm³/mol. The highest BCUT2D eigenvalue weighted by Crippen LogP contribution is 2.24. The molecule has 7 heteroatoms. The standard InChI is InChI=1S/C11H18N6S/c1-3-9-11(18-16-15-9)10(14-12)5-4-8-6-13-17(2)7-8/h6-7,10,14H,3-5,12H2,1-2H3. The summed E-state index contributed by atoms with van der Waals surface area (Å²) in [4.78, 5) is 1.14. The average Bonchev–Trinajstić information content (AvgIpc) is 2.99. The maximum Gasteiger partial charge on any atom is 0.0801 e. The van der Waals surface area contributed by atoms with E-state index in [-0.39, 0.29) is 6.04 Å². The van der Waals surface area contributed by atoms with Crippen LogP contribution in [0.1, 0.15) is 35.5 Å². The molecule has 98 valence electrons. The first-order valence-electron chi connectivity index (χ1n) is 5.99. The quantitative estimate of drug-likeness (QED) is 0.601. The first kappa shape index (κ1) is 13.1. The fourth-order valence-corrected chi connectivity index (χ4v) is 2.76. The van der Waals surface area contributed by atoms with Crippen molar-refractivity contribution in [1.82, 2.24) is 24.8 Å². The first-order chi connectivity index (χ1) is 8.74. The molecule has 0 fully saturated rings. The van der Waals surface area contributed by atoms with Crippen molar-refractivity contribution in [3.05, 3.63) is 28.5 Å². The lowest BCUT2D eigenvalue weighted by molar-refractivity contribution is 0.519. The highest BCUT2D eigenvalue weighted by molar-refractivity contribution is 7.05. The molecular weight excluding hydrogens is 248 g/mol. The minimum Gasteiger partial charge on any atom is -0.276 e. The lowest BCUT2D eigenvalue weighted by atomic mass is 10.1. The molecule has 1 unspecified atom stereocenters. The Morgan fingerprint density at radius 1 is 1.56 bits per heavy atom. The topological polar surface area (TPSA) is 81.7 Å². The third-order valence-corrected chi connectivity index (χ3v) is 3.80. The van der Waals surface area contributed by atoms with Crippen LogP contribution in [0.4, 0.5) is 0 Å². The van der Waals surface area contributed by atoms with Crippen LogP contribution in [0.25, 0.3) is 0 Å². The van der Waals surface area contributed by atoms with Gasteiger partial charge in [0, 0.05) is 13.2 Å². The fraction of sp³-hybridized carbons (Fsp3) is 0.545. The molecule has 1 atom stereocenters. The van der Waals surface area contributed by atoms with E-state index < -0.39 is 0 Å². The van der Waals surface area contributed by atoms with Crippen molar-refractivity contribution in [2.45, 2.75) is 32.2 Å². The van der Waals surface area contributed by atoms with Gasteiger partial charge in [0.1, 0.15) is 0 Å². The normalized spacial score (nSPS) is 12.8. The van der Waals surface area contributed by atoms with Gasteiger partial charge < -0.3 is 0 Å². The molecule has 0 spiro atoms. The van der Waals surface area contributed by atoms with Crippen LogP contribution in [-0.4, -0.2) is 19.4 Å². The molecule has 2 rings (SSSR count). The SMILES string of the molecule is CCc1nnsc1C(CCc1cnn(C)c1)NN. The van der Waals surface area contributed by atoms with Gasteiger partial charge in [0.25, 0.3) is 0 Å². The van der Waals surface area contributed by atoms with E-state index in [1.54, 1.807) is 0 Å². The molecule has 0 aromatic carbocycles. The summed E-state index contributed by atoms with van der Waals surface area (Å²) in [7, 11) is 1.92. The Labute approximate surface area is 110 Å². The summed E-state index contributed by atoms with van der Waals surface area (Å²) in [6.07, 6.45) is 6.65. The third kappa shape index (κ3) is 2.92. The van der Waals surface area contributed by atoms with Crippen molar-refractivity contribution in [3.63, 3.8) is 0 Å². The molecule has 18 heavy (non-hydrogen) atoms. The van der Waals surface area contributed by atoms with Crippen LogP contribution in [0, 0.1) is 0 Å². The van der Waals surface area contributed by atoms with E-state index >= 15 is 0 Å². The van der Waals surface area contributed by atoms with Crippen LogP contribution >= 0.6 is 11.5 Å². The smallest absolute Gasteiger partial charge is 0.0801 e. The van der Waals surface area contributed by atoms with Gasteiger partial charge in [-0.05, 0) is 36.4 Å². The Balaban J connectivity index is 2.01. The summed E-state index contributed by atoms with van der Waals surface area (Å²) >= 11 is 1.42. The highest BCUT2D eigenvalue weighted by Gasteiger charge is 2.17. The van der Waals surface area contributed by atoms with Gasteiger partial charge in [-0.2, -0.15) is 5.10 Å². The van der Waals surface area contributed by atoms with Gasteiger partial charge in [0.05, 0.1) is 22.8 Å². The summed E-state index contributed by atoms with van der Waals surface area (Å²) < 4.78 is 5.81. The van der Waals surface area contributed by atoms with Crippen LogP contribution in [0.5, 0.6) is 0 Å². The molecule has 0 bridgehead atoms. The maximum absolute atomic E-state index is 5.64. The zero-order valence-corrected chi connectivity index (χ0v) is 11.4. The van der Waals surface area contributed by atoms with Crippen LogP contribution in [0.3, 0.4) is 0 Å². The van der Waals surface area contributed by atoms with E-state index in [4.69, 9.17) is 5.84 Å². The van der Waals surface area contributed by atoms with Gasteiger partial charge in [-0.3, -0.25) is 16.0 Å². The number of aryl methyl sites for hydroxylation is 3. The van der Waals surface area contributed by atoms with Gasteiger partial charge in [0.15, 0.2) is 0 Å². The maximum atomic E-state index is 5.64. The van der Waals surface area contributed by atoms with Crippen molar-refractivity contribution in [1.29, 1.82) is 0 Å². The molecule has 0 aliphatic rings. The van der Waals surface area contributed by atoms with Gasteiger partial charge in [0.2, 0.25) is 0 Å². The number of nitrogens with two attached hydrogens (primary N) is 1. The molecule has 0 aliphatic heterocycles. The second-order valence-electron chi connectivity index (χ2n) is 4.22. The van der Waals surface area contributed by atoms with Crippen LogP contribution in [0.15, 0.2) is 12.4 Å². The zero-order chi connectivity index (χ0) is 13.0. The third-order valence-electron chi connectivity index (χ3n) is 2.92. The molecule has 2 aromatic heterocycles. The van der Waals surface area contributed by atoms with E-state index in [9.17, 15) is 0 Å². The van der Waals surface area contributed by atoms with Gasteiger partial charge in [-0.25, -0.2) is 0 Å². The van der Waals surface area contributed by atoms with Crippen molar-refractivity contribution >= 4 is 11.5 Å². The van der Waals surface area contributed by atoms with Crippen molar-refractivity contribution in [3.8, 4) is 0 Å². The fourth-order valence-electron chi connectivity index (χ4n) is 1.93. The van der Waals surface area contributed by atoms with E-state index in [0.29, 0.717) is 0 Å². The van der Waals surface area contributed by atoms with Crippen LogP contribution in [0.2, 0.25) is 0 Å². The zero-order valence-electron chi connectivity index (χ0n) is 10.6. The Morgan fingerprint density at radius 2 is 2.39 bits per heavy atom. The lowest BCUT2D eigenvalue weighted by Crippen LogP contribution is -2.28. The summed E-state index contributed by atoms with van der Waals surface area (Å²) in [6, 6.07) is 0.111. The molecule has 3 N–H and O–H groups in total. The molecule has 0 saturated carbocycles. The molecule has 0 radical (unpaired) electrons. The average molecular weight is 266 g/mol. The number of hydrogen-bond acceptors (Lipinski definition) is 6. The Kier molecular flexibility index (Phi) is 4.40. The van der Waals surface area contributed by atoms with Crippen LogP contribution < -0.4 is 11.3 Å². The van der Waals surface area contributed by atoms with Crippen molar-refractivity contribution < 1.29 is 0 Å². The number of rotatable bonds is 6. The molecule has 2 aromatic rings. The molecule has 6 nitrogen and oxygen atoms in total. The van der Waals surface area contributed by atoms with Crippen molar-refractivity contribution in [2.24, 2.45) is 12.9 Å².